The third kappa shape index (κ3) is 4.32. The molecule has 1 aromatic heterocycles. The van der Waals surface area contributed by atoms with Crippen LogP contribution in [0.2, 0.25) is 0 Å². The summed E-state index contributed by atoms with van der Waals surface area (Å²) in [5.41, 5.74) is 4.38. The van der Waals surface area contributed by atoms with Crippen molar-refractivity contribution < 1.29 is 9.53 Å². The van der Waals surface area contributed by atoms with E-state index < -0.39 is 11.2 Å². The summed E-state index contributed by atoms with van der Waals surface area (Å²) in [6, 6.07) is 1.08. The van der Waals surface area contributed by atoms with Crippen LogP contribution in [0.3, 0.4) is 0 Å². The molecule has 0 bridgehead atoms. The number of nitrogens with two attached hydrogens (primary N) is 1. The molecular formula is C12H20N4O4. The zero-order chi connectivity index (χ0) is 15.1. The summed E-state index contributed by atoms with van der Waals surface area (Å²) in [5, 5.41) is 2.69. The van der Waals surface area contributed by atoms with Crippen molar-refractivity contribution in [2.75, 3.05) is 20.3 Å². The van der Waals surface area contributed by atoms with Gasteiger partial charge in [-0.05, 0) is 6.92 Å². The number of aromatic nitrogens is 2. The van der Waals surface area contributed by atoms with Crippen LogP contribution in [0.15, 0.2) is 21.9 Å². The van der Waals surface area contributed by atoms with Crippen LogP contribution in [-0.2, 0) is 22.6 Å². The lowest BCUT2D eigenvalue weighted by Crippen LogP contribution is -2.44. The van der Waals surface area contributed by atoms with E-state index in [4.69, 9.17) is 10.5 Å². The van der Waals surface area contributed by atoms with E-state index >= 15 is 0 Å². The second-order valence-corrected chi connectivity index (χ2v) is 4.43. The van der Waals surface area contributed by atoms with Crippen LogP contribution in [0.5, 0.6) is 0 Å². The van der Waals surface area contributed by atoms with Crippen molar-refractivity contribution in [1.29, 1.82) is 0 Å². The Morgan fingerprint density at radius 1 is 1.50 bits per heavy atom. The van der Waals surface area contributed by atoms with Crippen molar-refractivity contribution in [2.24, 2.45) is 5.73 Å². The van der Waals surface area contributed by atoms with E-state index in [9.17, 15) is 14.4 Å². The Kier molecular flexibility index (Phi) is 6.13. The molecule has 20 heavy (non-hydrogen) atoms. The van der Waals surface area contributed by atoms with Crippen molar-refractivity contribution in [1.82, 2.24) is 14.5 Å². The van der Waals surface area contributed by atoms with Crippen molar-refractivity contribution >= 4 is 5.91 Å². The molecule has 0 aromatic carbocycles. The molecular weight excluding hydrogens is 264 g/mol. The van der Waals surface area contributed by atoms with Crippen LogP contribution < -0.4 is 22.3 Å². The molecule has 1 atom stereocenters. The topological polar surface area (TPSA) is 108 Å². The maximum Gasteiger partial charge on any atom is 0.331 e. The van der Waals surface area contributed by atoms with E-state index in [0.717, 1.165) is 4.57 Å². The molecule has 0 saturated heterocycles. The van der Waals surface area contributed by atoms with Gasteiger partial charge in [0, 0.05) is 38.5 Å². The van der Waals surface area contributed by atoms with Gasteiger partial charge in [-0.3, -0.25) is 18.7 Å². The first-order valence-electron chi connectivity index (χ1n) is 6.28. The van der Waals surface area contributed by atoms with Crippen molar-refractivity contribution in [3.8, 4) is 0 Å². The number of amides is 1. The summed E-state index contributed by atoms with van der Waals surface area (Å²) < 4.78 is 7.08. The molecule has 0 radical (unpaired) electrons. The van der Waals surface area contributed by atoms with E-state index in [-0.39, 0.29) is 31.6 Å². The van der Waals surface area contributed by atoms with Gasteiger partial charge in [0.25, 0.3) is 5.56 Å². The number of nitrogens with zero attached hydrogens (tertiary/aromatic N) is 2. The average molecular weight is 284 g/mol. The Balaban J connectivity index is 2.83. The van der Waals surface area contributed by atoms with Crippen molar-refractivity contribution in [3.05, 3.63) is 33.1 Å². The smallest absolute Gasteiger partial charge is 0.331 e. The minimum atomic E-state index is -0.544. The Morgan fingerprint density at radius 3 is 2.80 bits per heavy atom. The molecule has 3 N–H and O–H groups in total. The maximum atomic E-state index is 12.0. The predicted octanol–water partition coefficient (Wildman–Crippen LogP) is -1.88. The first-order chi connectivity index (χ1) is 9.49. The summed E-state index contributed by atoms with van der Waals surface area (Å²) in [7, 11) is 1.54. The number of methoxy groups -OCH3 is 1. The van der Waals surface area contributed by atoms with Crippen LogP contribution in [0.4, 0.5) is 0 Å². The quantitative estimate of drug-likeness (QED) is 0.609. The second-order valence-electron chi connectivity index (χ2n) is 4.43. The normalized spacial score (nSPS) is 12.2. The molecule has 0 fully saturated rings. The number of carbonyl (C=O) groups is 1. The van der Waals surface area contributed by atoms with Gasteiger partial charge in [0.05, 0.1) is 6.61 Å². The van der Waals surface area contributed by atoms with Crippen LogP contribution >= 0.6 is 0 Å². The van der Waals surface area contributed by atoms with E-state index in [1.54, 1.807) is 6.92 Å². The molecule has 0 saturated carbocycles. The fraction of sp³-hybridized carbons (Fsp3) is 0.583. The zero-order valence-corrected chi connectivity index (χ0v) is 11.7. The van der Waals surface area contributed by atoms with Gasteiger partial charge in [0.1, 0.15) is 6.54 Å². The maximum absolute atomic E-state index is 12.0. The molecule has 112 valence electrons. The Hall–Kier alpha value is -1.93. The van der Waals surface area contributed by atoms with Gasteiger partial charge in [0.15, 0.2) is 0 Å². The van der Waals surface area contributed by atoms with Crippen molar-refractivity contribution in [2.45, 2.75) is 26.1 Å². The summed E-state index contributed by atoms with van der Waals surface area (Å²) in [6.45, 7) is 2.32. The van der Waals surface area contributed by atoms with Gasteiger partial charge >= 0.3 is 5.69 Å². The minimum absolute atomic E-state index is 0.125. The monoisotopic (exact) mass is 284 g/mol. The SMILES string of the molecule is COCC(C)NC(=O)Cn1ccc(=O)n(CCN)c1=O. The van der Waals surface area contributed by atoms with E-state index in [1.165, 1.54) is 23.9 Å². The van der Waals surface area contributed by atoms with Gasteiger partial charge in [-0.15, -0.1) is 0 Å². The molecule has 8 heteroatoms. The van der Waals surface area contributed by atoms with Gasteiger partial charge in [-0.2, -0.15) is 0 Å². The lowest BCUT2D eigenvalue weighted by molar-refractivity contribution is -0.122. The molecule has 1 heterocycles. The number of ether oxygens (including phenoxy) is 1. The Labute approximate surface area is 116 Å². The van der Waals surface area contributed by atoms with E-state index in [1.807, 2.05) is 0 Å². The van der Waals surface area contributed by atoms with Crippen LogP contribution in [0, 0.1) is 0 Å². The van der Waals surface area contributed by atoms with Crippen molar-refractivity contribution in [3.63, 3.8) is 0 Å². The largest absolute Gasteiger partial charge is 0.383 e. The third-order valence-electron chi connectivity index (χ3n) is 2.63. The molecule has 0 aliphatic carbocycles. The minimum Gasteiger partial charge on any atom is -0.383 e. The number of nitrogens with one attached hydrogen (secondary N) is 1. The summed E-state index contributed by atoms with van der Waals surface area (Å²) in [6.07, 6.45) is 1.30. The fourth-order valence-electron chi connectivity index (χ4n) is 1.78. The molecule has 0 spiro atoms. The van der Waals surface area contributed by atoms with Gasteiger partial charge in [0.2, 0.25) is 5.91 Å². The number of hydrogen-bond acceptors (Lipinski definition) is 5. The number of rotatable bonds is 7. The average Bonchev–Trinajstić information content (AvgIpc) is 2.38. The molecule has 1 rings (SSSR count). The first-order valence-corrected chi connectivity index (χ1v) is 6.28. The highest BCUT2D eigenvalue weighted by atomic mass is 16.5. The van der Waals surface area contributed by atoms with E-state index in [2.05, 4.69) is 5.32 Å². The molecule has 0 aliphatic rings. The van der Waals surface area contributed by atoms with Gasteiger partial charge in [-0.1, -0.05) is 0 Å². The van der Waals surface area contributed by atoms with E-state index in [0.29, 0.717) is 6.61 Å². The van der Waals surface area contributed by atoms with Crippen LogP contribution in [-0.4, -0.2) is 41.3 Å². The van der Waals surface area contributed by atoms with Crippen LogP contribution in [0.25, 0.3) is 0 Å². The fourth-order valence-corrected chi connectivity index (χ4v) is 1.78. The number of carbonyl (C=O) groups excluding carboxylic acids is 1. The molecule has 1 unspecified atom stereocenters. The van der Waals surface area contributed by atoms with Crippen LogP contribution in [0.1, 0.15) is 6.92 Å². The highest BCUT2D eigenvalue weighted by Crippen LogP contribution is 1.85. The lowest BCUT2D eigenvalue weighted by Gasteiger charge is -2.14. The standard InChI is InChI=1S/C12H20N4O4/c1-9(8-20-2)14-10(17)7-15-5-3-11(18)16(6-4-13)12(15)19/h3,5,9H,4,6-8,13H2,1-2H3,(H,14,17). The second kappa shape index (κ2) is 7.61. The molecule has 1 amide bonds. The summed E-state index contributed by atoms with van der Waals surface area (Å²) in [5.74, 6) is -0.324. The Morgan fingerprint density at radius 2 is 2.20 bits per heavy atom. The predicted molar refractivity (Wildman–Crippen MR) is 73.5 cm³/mol. The van der Waals surface area contributed by atoms with Gasteiger partial charge in [-0.25, -0.2) is 4.79 Å². The molecule has 8 nitrogen and oxygen atoms in total. The number of hydrogen-bond donors (Lipinski definition) is 2. The summed E-state index contributed by atoms with van der Waals surface area (Å²) in [4.78, 5) is 35.3. The molecule has 1 aromatic rings. The zero-order valence-electron chi connectivity index (χ0n) is 11.7. The third-order valence-corrected chi connectivity index (χ3v) is 2.63. The summed E-state index contributed by atoms with van der Waals surface area (Å²) >= 11 is 0. The Bertz CT molecular complexity index is 563. The lowest BCUT2D eigenvalue weighted by atomic mass is 10.3. The first kappa shape index (κ1) is 16.1. The van der Waals surface area contributed by atoms with Gasteiger partial charge < -0.3 is 15.8 Å². The highest BCUT2D eigenvalue weighted by Gasteiger charge is 2.10. The molecule has 0 aliphatic heterocycles. The highest BCUT2D eigenvalue weighted by molar-refractivity contribution is 5.75.